The smallest absolute Gasteiger partial charge is 0.350 e. The van der Waals surface area contributed by atoms with Crippen molar-refractivity contribution in [2.75, 3.05) is 0 Å². The lowest BCUT2D eigenvalue weighted by Crippen LogP contribution is -2.45. The van der Waals surface area contributed by atoms with Crippen molar-refractivity contribution in [1.82, 2.24) is 4.98 Å². The highest BCUT2D eigenvalue weighted by atomic mass is 79.9. The van der Waals surface area contributed by atoms with E-state index in [9.17, 15) is 44.8 Å². The normalized spacial score (nSPS) is 14.1. The van der Waals surface area contributed by atoms with Gasteiger partial charge in [-0.25, -0.2) is 0 Å². The van der Waals surface area contributed by atoms with E-state index in [1.165, 1.54) is 6.07 Å². The third kappa shape index (κ3) is 5.22. The first-order chi connectivity index (χ1) is 13.6. The van der Waals surface area contributed by atoms with Gasteiger partial charge < -0.3 is 9.72 Å². The zero-order valence-electron chi connectivity index (χ0n) is 14.0. The average Bonchev–Trinajstić information content (AvgIpc) is 2.91. The Morgan fingerprint density at radius 1 is 0.967 bits per heavy atom. The van der Waals surface area contributed by atoms with E-state index in [4.69, 9.17) is 11.6 Å². The molecule has 0 saturated heterocycles. The maximum atomic E-state index is 13.1. The number of hydrogen-bond donors (Lipinski definition) is 1. The van der Waals surface area contributed by atoms with Crippen LogP contribution in [0, 0.1) is 11.3 Å². The molecule has 1 aromatic carbocycles. The summed E-state index contributed by atoms with van der Waals surface area (Å²) in [6, 6.07) is 5.40. The molecule has 1 unspecified atom stereocenters. The van der Waals surface area contributed by atoms with Crippen LogP contribution in [0.1, 0.15) is 28.6 Å². The molecule has 0 aliphatic carbocycles. The second kappa shape index (κ2) is 8.32. The summed E-state index contributed by atoms with van der Waals surface area (Å²) in [5.41, 5.74) is -3.80. The van der Waals surface area contributed by atoms with Crippen molar-refractivity contribution in [2.45, 2.75) is 30.7 Å². The van der Waals surface area contributed by atoms with Crippen molar-refractivity contribution in [3.05, 3.63) is 56.3 Å². The molecule has 2 aromatic rings. The molecular formula is C16H7BrClF9N2O. The lowest BCUT2D eigenvalue weighted by atomic mass is 10.0. The maximum Gasteiger partial charge on any atom is 0.432 e. The zero-order valence-corrected chi connectivity index (χ0v) is 16.3. The summed E-state index contributed by atoms with van der Waals surface area (Å²) < 4.78 is 121. The molecule has 2 rings (SSSR count). The van der Waals surface area contributed by atoms with Crippen LogP contribution in [0.5, 0.6) is 0 Å². The molecule has 1 heterocycles. The van der Waals surface area contributed by atoms with E-state index in [0.29, 0.717) is 0 Å². The number of nitrogens with one attached hydrogen (secondary N) is 1. The van der Waals surface area contributed by atoms with E-state index < -0.39 is 57.7 Å². The van der Waals surface area contributed by atoms with Crippen molar-refractivity contribution in [3.63, 3.8) is 0 Å². The number of ether oxygens (including phenoxy) is 1. The van der Waals surface area contributed by atoms with Crippen LogP contribution in [0.15, 0.2) is 28.7 Å². The highest BCUT2D eigenvalue weighted by Gasteiger charge is 2.59. The molecule has 0 saturated carbocycles. The predicted octanol–water partition coefficient (Wildman–Crippen LogP) is 6.92. The van der Waals surface area contributed by atoms with Gasteiger partial charge in [0.2, 0.25) is 6.10 Å². The van der Waals surface area contributed by atoms with Gasteiger partial charge in [-0.2, -0.15) is 44.8 Å². The molecule has 1 aromatic heterocycles. The van der Waals surface area contributed by atoms with E-state index in [1.807, 2.05) is 0 Å². The molecule has 14 heteroatoms. The van der Waals surface area contributed by atoms with Crippen LogP contribution < -0.4 is 0 Å². The first kappa shape index (κ1) is 24.4. The second-order valence-corrected chi connectivity index (χ2v) is 6.97. The molecule has 0 fully saturated rings. The van der Waals surface area contributed by atoms with Gasteiger partial charge >= 0.3 is 18.5 Å². The highest BCUT2D eigenvalue weighted by molar-refractivity contribution is 9.10. The lowest BCUT2D eigenvalue weighted by Gasteiger charge is -2.28. The maximum absolute atomic E-state index is 13.1. The Bertz CT molecular complexity index is 928. The molecule has 0 spiro atoms. The fourth-order valence-electron chi connectivity index (χ4n) is 2.42. The molecule has 1 N–H and O–H groups in total. The molecule has 30 heavy (non-hydrogen) atoms. The number of nitrogens with zero attached hydrogens (tertiary/aromatic N) is 1. The van der Waals surface area contributed by atoms with Crippen molar-refractivity contribution in [3.8, 4) is 6.07 Å². The van der Waals surface area contributed by atoms with E-state index in [0.717, 1.165) is 24.3 Å². The van der Waals surface area contributed by atoms with Gasteiger partial charge in [0, 0.05) is 5.02 Å². The second-order valence-electron chi connectivity index (χ2n) is 5.74. The Balaban J connectivity index is 2.73. The van der Waals surface area contributed by atoms with Crippen LogP contribution in [-0.2, 0) is 10.9 Å². The Morgan fingerprint density at radius 3 is 1.87 bits per heavy atom. The number of rotatable bonds is 4. The highest BCUT2D eigenvalue weighted by Crippen LogP contribution is 2.44. The Hall–Kier alpha value is -1.91. The summed E-state index contributed by atoms with van der Waals surface area (Å²) in [6.07, 6.45) is -23.7. The molecule has 0 bridgehead atoms. The Labute approximate surface area is 175 Å². The fraction of sp³-hybridized carbons (Fsp3) is 0.312. The molecule has 0 amide bonds. The van der Waals surface area contributed by atoms with Crippen LogP contribution in [-0.4, -0.2) is 23.4 Å². The van der Waals surface area contributed by atoms with E-state index in [2.05, 4.69) is 20.7 Å². The van der Waals surface area contributed by atoms with Gasteiger partial charge in [0.25, 0.3) is 0 Å². The van der Waals surface area contributed by atoms with Gasteiger partial charge in [0.05, 0.1) is 15.7 Å². The third-order valence-corrected chi connectivity index (χ3v) is 4.71. The summed E-state index contributed by atoms with van der Waals surface area (Å²) in [5.74, 6) is 0. The number of halogens is 11. The van der Waals surface area contributed by atoms with Crippen LogP contribution in [0.25, 0.3) is 0 Å². The standard InChI is InChI=1S/C16H7BrClF9N2O/c17-9-8(5-28)10(29-12(9)14(19,20)21)11(6-1-3-7(18)4-2-6)30-13(15(22,23)24)16(25,26)27/h1-4,11,13,29H. The summed E-state index contributed by atoms with van der Waals surface area (Å²) in [5, 5.41) is 9.23. The topological polar surface area (TPSA) is 48.8 Å². The van der Waals surface area contributed by atoms with Gasteiger partial charge in [-0.3, -0.25) is 0 Å². The zero-order chi connectivity index (χ0) is 23.1. The van der Waals surface area contributed by atoms with Crippen LogP contribution in [0.4, 0.5) is 39.5 Å². The fourth-order valence-corrected chi connectivity index (χ4v) is 3.18. The van der Waals surface area contributed by atoms with Crippen molar-refractivity contribution >= 4 is 27.5 Å². The van der Waals surface area contributed by atoms with Crippen LogP contribution >= 0.6 is 27.5 Å². The summed E-state index contributed by atoms with van der Waals surface area (Å²) in [4.78, 5) is 1.68. The molecule has 1 atom stereocenters. The quantitative estimate of drug-likeness (QED) is 0.437. The molecule has 0 aliphatic rings. The molecule has 0 aliphatic heterocycles. The van der Waals surface area contributed by atoms with E-state index >= 15 is 0 Å². The minimum Gasteiger partial charge on any atom is -0.350 e. The molecule has 0 radical (unpaired) electrons. The number of aromatic nitrogens is 1. The van der Waals surface area contributed by atoms with Gasteiger partial charge in [0.1, 0.15) is 17.9 Å². The first-order valence-corrected chi connectivity index (χ1v) is 8.67. The number of alkyl halides is 9. The van der Waals surface area contributed by atoms with Gasteiger partial charge in [-0.1, -0.05) is 23.7 Å². The minimum absolute atomic E-state index is 0.0462. The minimum atomic E-state index is -5.94. The largest absolute Gasteiger partial charge is 0.432 e. The first-order valence-electron chi connectivity index (χ1n) is 7.50. The third-order valence-electron chi connectivity index (χ3n) is 3.66. The van der Waals surface area contributed by atoms with Gasteiger partial charge in [-0.05, 0) is 33.6 Å². The number of benzene rings is 1. The van der Waals surface area contributed by atoms with Gasteiger partial charge in [0.15, 0.2) is 0 Å². The van der Waals surface area contributed by atoms with Crippen LogP contribution in [0.2, 0.25) is 5.02 Å². The Morgan fingerprint density at radius 2 is 1.47 bits per heavy atom. The van der Waals surface area contributed by atoms with Crippen molar-refractivity contribution in [1.29, 1.82) is 5.26 Å². The molecular weight excluding hydrogens is 523 g/mol. The summed E-state index contributed by atoms with van der Waals surface area (Å²) in [7, 11) is 0. The monoisotopic (exact) mass is 528 g/mol. The summed E-state index contributed by atoms with van der Waals surface area (Å²) in [6.45, 7) is 0. The number of nitriles is 1. The van der Waals surface area contributed by atoms with Crippen LogP contribution in [0.3, 0.4) is 0 Å². The van der Waals surface area contributed by atoms with Crippen molar-refractivity contribution in [2.24, 2.45) is 0 Å². The average molecular weight is 530 g/mol. The Kier molecular flexibility index (Phi) is 6.75. The number of hydrogen-bond acceptors (Lipinski definition) is 2. The molecule has 164 valence electrons. The van der Waals surface area contributed by atoms with Gasteiger partial charge in [-0.15, -0.1) is 0 Å². The van der Waals surface area contributed by atoms with Crippen molar-refractivity contribution < 1.29 is 44.3 Å². The number of aromatic amines is 1. The molecule has 3 nitrogen and oxygen atoms in total. The SMILES string of the molecule is N#Cc1c(C(OC(C(F)(F)F)C(F)(F)F)c2ccc(Cl)cc2)[nH]c(C(F)(F)F)c1Br. The summed E-state index contributed by atoms with van der Waals surface area (Å²) >= 11 is 8.14. The number of H-pyrrole nitrogens is 1. The predicted molar refractivity (Wildman–Crippen MR) is 88.5 cm³/mol. The lowest BCUT2D eigenvalue weighted by molar-refractivity contribution is -0.329. The van der Waals surface area contributed by atoms with E-state index in [-0.39, 0.29) is 5.02 Å². The van der Waals surface area contributed by atoms with E-state index in [1.54, 1.807) is 4.98 Å².